The summed E-state index contributed by atoms with van der Waals surface area (Å²) >= 11 is 2.82. The third-order valence-electron chi connectivity index (χ3n) is 4.10. The van der Waals surface area contributed by atoms with Crippen LogP contribution in [0.25, 0.3) is 21.0 Å². The van der Waals surface area contributed by atoms with Crippen LogP contribution in [0.5, 0.6) is 0 Å². The van der Waals surface area contributed by atoms with Gasteiger partial charge in [-0.25, -0.2) is 0 Å². The van der Waals surface area contributed by atoms with Crippen LogP contribution >= 0.6 is 22.9 Å². The molecular weight excluding hydrogens is 376 g/mol. The van der Waals surface area contributed by atoms with Crippen LogP contribution in [0, 0.1) is 13.8 Å². The summed E-state index contributed by atoms with van der Waals surface area (Å²) in [5.74, 6) is -0.181. The Kier molecular flexibility index (Phi) is 4.79. The van der Waals surface area contributed by atoms with Crippen molar-refractivity contribution in [2.45, 2.75) is 13.8 Å². The molecule has 0 radical (unpaired) electrons. The number of rotatable bonds is 4. The van der Waals surface area contributed by atoms with Gasteiger partial charge in [-0.3, -0.25) is 9.78 Å². The van der Waals surface area contributed by atoms with E-state index < -0.39 is 0 Å². The van der Waals surface area contributed by atoms with E-state index in [4.69, 9.17) is 0 Å². The molecule has 1 amide bonds. The topological polar surface area (TPSA) is 67.8 Å². The SMILES string of the molecule is Cc1cc(-c2ccccn2)sc1-c1ccc(NC(=O)c2snnc2C)cc1. The molecule has 1 N–H and O–H groups in total. The van der Waals surface area contributed by atoms with Crippen LogP contribution in [0.15, 0.2) is 54.7 Å². The van der Waals surface area contributed by atoms with E-state index >= 15 is 0 Å². The molecule has 0 unspecified atom stereocenters. The molecule has 0 fully saturated rings. The zero-order chi connectivity index (χ0) is 18.8. The van der Waals surface area contributed by atoms with Gasteiger partial charge in [0, 0.05) is 16.8 Å². The molecule has 0 spiro atoms. The maximum Gasteiger partial charge on any atom is 0.269 e. The van der Waals surface area contributed by atoms with Crippen LogP contribution in [0.2, 0.25) is 0 Å². The Morgan fingerprint density at radius 1 is 1.07 bits per heavy atom. The highest BCUT2D eigenvalue weighted by atomic mass is 32.1. The molecule has 3 heterocycles. The van der Waals surface area contributed by atoms with E-state index in [0.717, 1.165) is 33.4 Å². The molecule has 7 heteroatoms. The van der Waals surface area contributed by atoms with Gasteiger partial charge >= 0.3 is 0 Å². The number of pyridine rings is 1. The molecule has 1 aromatic carbocycles. The Bertz CT molecular complexity index is 1080. The van der Waals surface area contributed by atoms with Crippen LogP contribution in [0.4, 0.5) is 5.69 Å². The number of amides is 1. The first kappa shape index (κ1) is 17.5. The Morgan fingerprint density at radius 2 is 1.89 bits per heavy atom. The first-order valence-corrected chi connectivity index (χ1v) is 9.93. The summed E-state index contributed by atoms with van der Waals surface area (Å²) in [5.41, 5.74) is 4.70. The van der Waals surface area contributed by atoms with Gasteiger partial charge in [-0.2, -0.15) is 0 Å². The van der Waals surface area contributed by atoms with Crippen LogP contribution in [0.1, 0.15) is 20.9 Å². The molecule has 0 aliphatic heterocycles. The minimum absolute atomic E-state index is 0.181. The van der Waals surface area contributed by atoms with Gasteiger partial charge < -0.3 is 5.32 Å². The smallest absolute Gasteiger partial charge is 0.269 e. The van der Waals surface area contributed by atoms with Crippen molar-refractivity contribution in [1.82, 2.24) is 14.6 Å². The zero-order valence-electron chi connectivity index (χ0n) is 14.8. The molecule has 0 atom stereocenters. The fourth-order valence-corrected chi connectivity index (χ4v) is 4.44. The molecule has 5 nitrogen and oxygen atoms in total. The number of carbonyl (C=O) groups excluding carboxylic acids is 1. The fourth-order valence-electron chi connectivity index (χ4n) is 2.74. The summed E-state index contributed by atoms with van der Waals surface area (Å²) in [6.45, 7) is 3.88. The number of anilines is 1. The molecule has 0 bridgehead atoms. The second-order valence-electron chi connectivity index (χ2n) is 6.06. The molecule has 0 saturated carbocycles. The molecule has 0 aliphatic rings. The van der Waals surface area contributed by atoms with Crippen molar-refractivity contribution in [3.05, 3.63) is 70.9 Å². The highest BCUT2D eigenvalue weighted by Gasteiger charge is 2.14. The normalized spacial score (nSPS) is 10.7. The number of benzene rings is 1. The lowest BCUT2D eigenvalue weighted by Gasteiger charge is -2.05. The van der Waals surface area contributed by atoms with E-state index in [1.807, 2.05) is 48.7 Å². The molecule has 0 saturated heterocycles. The molecule has 4 aromatic rings. The summed E-state index contributed by atoms with van der Waals surface area (Å²) in [6.07, 6.45) is 1.81. The summed E-state index contributed by atoms with van der Waals surface area (Å²) in [7, 11) is 0. The van der Waals surface area contributed by atoms with Gasteiger partial charge in [0.2, 0.25) is 0 Å². The molecule has 3 aromatic heterocycles. The number of aryl methyl sites for hydroxylation is 2. The van der Waals surface area contributed by atoms with E-state index in [-0.39, 0.29) is 5.91 Å². The van der Waals surface area contributed by atoms with Gasteiger partial charge in [-0.1, -0.05) is 22.7 Å². The summed E-state index contributed by atoms with van der Waals surface area (Å²) in [4.78, 5) is 19.6. The summed E-state index contributed by atoms with van der Waals surface area (Å²) in [5, 5.41) is 6.77. The largest absolute Gasteiger partial charge is 0.321 e. The summed E-state index contributed by atoms with van der Waals surface area (Å²) < 4.78 is 3.80. The number of hydrogen-bond acceptors (Lipinski definition) is 6. The highest BCUT2D eigenvalue weighted by molar-refractivity contribution is 7.19. The van der Waals surface area contributed by atoms with Crippen LogP contribution in [-0.4, -0.2) is 20.5 Å². The van der Waals surface area contributed by atoms with E-state index in [0.29, 0.717) is 10.6 Å². The first-order chi connectivity index (χ1) is 13.1. The van der Waals surface area contributed by atoms with Crippen molar-refractivity contribution in [2.75, 3.05) is 5.32 Å². The second-order valence-corrected chi connectivity index (χ2v) is 7.86. The molecule has 27 heavy (non-hydrogen) atoms. The molecular formula is C20H16N4OS2. The number of carbonyl (C=O) groups is 1. The van der Waals surface area contributed by atoms with E-state index in [2.05, 4.69) is 32.9 Å². The van der Waals surface area contributed by atoms with Crippen LogP contribution in [0.3, 0.4) is 0 Å². The number of nitrogens with zero attached hydrogens (tertiary/aromatic N) is 3. The lowest BCUT2D eigenvalue weighted by molar-refractivity contribution is 0.103. The Labute approximate surface area is 164 Å². The Balaban J connectivity index is 1.55. The van der Waals surface area contributed by atoms with E-state index in [9.17, 15) is 4.79 Å². The van der Waals surface area contributed by atoms with Crippen molar-refractivity contribution in [3.63, 3.8) is 0 Å². The average Bonchev–Trinajstić information content (AvgIpc) is 3.29. The van der Waals surface area contributed by atoms with Gasteiger partial charge in [0.05, 0.1) is 16.3 Å². The number of hydrogen-bond donors (Lipinski definition) is 1. The standard InChI is InChI=1S/C20H16N4OS2/c1-12-11-17(16-5-3-4-10-21-16)26-18(12)14-6-8-15(9-7-14)22-20(25)19-13(2)23-24-27-19/h3-11H,1-2H3,(H,22,25). The monoisotopic (exact) mass is 392 g/mol. The van der Waals surface area contributed by atoms with Crippen LogP contribution in [-0.2, 0) is 0 Å². The predicted molar refractivity (Wildman–Crippen MR) is 110 cm³/mol. The fraction of sp³-hybridized carbons (Fsp3) is 0.100. The maximum absolute atomic E-state index is 12.3. The second kappa shape index (κ2) is 7.38. The minimum atomic E-state index is -0.181. The van der Waals surface area contributed by atoms with Crippen molar-refractivity contribution >= 4 is 34.5 Å². The van der Waals surface area contributed by atoms with Crippen molar-refractivity contribution < 1.29 is 4.79 Å². The number of thiophene rings is 1. The molecule has 0 aliphatic carbocycles. The Morgan fingerprint density at radius 3 is 2.56 bits per heavy atom. The summed E-state index contributed by atoms with van der Waals surface area (Å²) in [6, 6.07) is 16.0. The number of nitrogens with one attached hydrogen (secondary N) is 1. The number of aromatic nitrogens is 3. The van der Waals surface area contributed by atoms with Gasteiger partial charge in [0.1, 0.15) is 4.88 Å². The van der Waals surface area contributed by atoms with Gasteiger partial charge in [-0.15, -0.1) is 16.4 Å². The van der Waals surface area contributed by atoms with E-state index in [1.165, 1.54) is 10.4 Å². The van der Waals surface area contributed by atoms with Gasteiger partial charge in [0.15, 0.2) is 0 Å². The Hall–Kier alpha value is -2.90. The molecule has 4 rings (SSSR count). The minimum Gasteiger partial charge on any atom is -0.321 e. The third-order valence-corrected chi connectivity index (χ3v) is 6.23. The zero-order valence-corrected chi connectivity index (χ0v) is 16.4. The van der Waals surface area contributed by atoms with Crippen molar-refractivity contribution in [2.24, 2.45) is 0 Å². The highest BCUT2D eigenvalue weighted by Crippen LogP contribution is 2.37. The third kappa shape index (κ3) is 3.65. The van der Waals surface area contributed by atoms with Crippen LogP contribution < -0.4 is 5.32 Å². The van der Waals surface area contributed by atoms with Gasteiger partial charge in [0.25, 0.3) is 5.91 Å². The van der Waals surface area contributed by atoms with E-state index in [1.54, 1.807) is 18.3 Å². The van der Waals surface area contributed by atoms with Crippen molar-refractivity contribution in [1.29, 1.82) is 0 Å². The first-order valence-electron chi connectivity index (χ1n) is 8.34. The quantitative estimate of drug-likeness (QED) is 0.518. The predicted octanol–water partition coefficient (Wildman–Crippen LogP) is 5.20. The lowest BCUT2D eigenvalue weighted by atomic mass is 10.1. The average molecular weight is 393 g/mol. The maximum atomic E-state index is 12.3. The van der Waals surface area contributed by atoms with Gasteiger partial charge in [-0.05, 0) is 66.8 Å². The van der Waals surface area contributed by atoms with Crippen molar-refractivity contribution in [3.8, 4) is 21.0 Å². The lowest BCUT2D eigenvalue weighted by Crippen LogP contribution is -2.11. The molecule has 134 valence electrons.